The highest BCUT2D eigenvalue weighted by Crippen LogP contribution is 2.21. The van der Waals surface area contributed by atoms with Crippen LogP contribution in [0.1, 0.15) is 45.4 Å². The summed E-state index contributed by atoms with van der Waals surface area (Å²) in [4.78, 5) is 16.4. The maximum atomic E-state index is 12.4. The van der Waals surface area contributed by atoms with Gasteiger partial charge in [0.25, 0.3) is 0 Å². The first kappa shape index (κ1) is 14.5. The summed E-state index contributed by atoms with van der Waals surface area (Å²) in [5, 5.41) is 9.66. The number of carbonyl (C=O) groups is 1. The molecule has 108 valence electrons. The number of aliphatic hydroxyl groups excluding tert-OH is 1. The fraction of sp³-hybridized carbons (Fsp3) is 0.800. The first-order valence-electron chi connectivity index (χ1n) is 7.60. The molecule has 0 radical (unpaired) electrons. The summed E-state index contributed by atoms with van der Waals surface area (Å²) < 4.78 is 0. The average molecular weight is 266 g/mol. The quantitative estimate of drug-likeness (QED) is 0.843. The third-order valence-electron chi connectivity index (χ3n) is 4.07. The first-order valence-corrected chi connectivity index (χ1v) is 7.60. The Labute approximate surface area is 116 Å². The lowest BCUT2D eigenvalue weighted by Gasteiger charge is -2.32. The molecule has 1 fully saturated rings. The third kappa shape index (κ3) is 4.05. The molecular formula is C15H26N2O2. The lowest BCUT2D eigenvalue weighted by atomic mass is 10.0. The number of nitrogens with zero attached hydrogens (tertiary/aromatic N) is 2. The van der Waals surface area contributed by atoms with Crippen LogP contribution in [0.25, 0.3) is 0 Å². The molecule has 0 spiro atoms. The van der Waals surface area contributed by atoms with Gasteiger partial charge in [0.15, 0.2) is 0 Å². The van der Waals surface area contributed by atoms with E-state index in [-0.39, 0.29) is 12.0 Å². The van der Waals surface area contributed by atoms with E-state index >= 15 is 0 Å². The number of likely N-dealkylation sites (tertiary alicyclic amines) is 1. The SMILES string of the molecule is CCN(C(=O)CN1CCC[C@H](O)C1)C1=CCCCC1. The number of β-amino-alcohol motifs (C(OH)–C–C–N with tert-alkyl or cyclic N) is 1. The van der Waals surface area contributed by atoms with Crippen LogP contribution in [0.3, 0.4) is 0 Å². The number of hydrogen-bond acceptors (Lipinski definition) is 3. The smallest absolute Gasteiger partial charge is 0.240 e. The van der Waals surface area contributed by atoms with E-state index in [0.29, 0.717) is 13.1 Å². The zero-order chi connectivity index (χ0) is 13.7. The molecule has 2 rings (SSSR count). The minimum atomic E-state index is -0.259. The maximum absolute atomic E-state index is 12.4. The highest BCUT2D eigenvalue weighted by atomic mass is 16.3. The lowest BCUT2D eigenvalue weighted by molar-refractivity contribution is -0.131. The molecule has 1 heterocycles. The Bertz CT molecular complexity index is 341. The normalized spacial score (nSPS) is 24.9. The predicted molar refractivity (Wildman–Crippen MR) is 75.6 cm³/mol. The van der Waals surface area contributed by atoms with Crippen molar-refractivity contribution in [1.29, 1.82) is 0 Å². The summed E-state index contributed by atoms with van der Waals surface area (Å²) >= 11 is 0. The second kappa shape index (κ2) is 7.06. The molecule has 1 saturated heterocycles. The van der Waals surface area contributed by atoms with Crippen molar-refractivity contribution < 1.29 is 9.90 Å². The summed E-state index contributed by atoms with van der Waals surface area (Å²) in [6.07, 6.45) is 8.38. The van der Waals surface area contributed by atoms with Crippen LogP contribution >= 0.6 is 0 Å². The average Bonchev–Trinajstić information content (AvgIpc) is 2.41. The summed E-state index contributed by atoms with van der Waals surface area (Å²) in [6, 6.07) is 0. The van der Waals surface area contributed by atoms with Gasteiger partial charge in [-0.15, -0.1) is 0 Å². The van der Waals surface area contributed by atoms with Crippen LogP contribution in [0, 0.1) is 0 Å². The Balaban J connectivity index is 1.91. The van der Waals surface area contributed by atoms with E-state index in [0.717, 1.165) is 38.8 Å². The number of piperidine rings is 1. The number of carbonyl (C=O) groups excluding carboxylic acids is 1. The summed E-state index contributed by atoms with van der Waals surface area (Å²) in [5.74, 6) is 0.185. The Kier molecular flexibility index (Phi) is 5.40. The van der Waals surface area contributed by atoms with Crippen molar-refractivity contribution in [3.05, 3.63) is 11.8 Å². The predicted octanol–water partition coefficient (Wildman–Crippen LogP) is 1.75. The number of likely N-dealkylation sites (N-methyl/N-ethyl adjacent to an activating group) is 1. The molecule has 4 heteroatoms. The molecule has 0 aromatic carbocycles. The van der Waals surface area contributed by atoms with Gasteiger partial charge in [-0.1, -0.05) is 6.08 Å². The fourth-order valence-corrected chi connectivity index (χ4v) is 3.06. The van der Waals surface area contributed by atoms with Crippen LogP contribution in [-0.4, -0.2) is 53.1 Å². The van der Waals surface area contributed by atoms with E-state index < -0.39 is 0 Å². The van der Waals surface area contributed by atoms with E-state index in [1.54, 1.807) is 0 Å². The molecule has 0 unspecified atom stereocenters. The van der Waals surface area contributed by atoms with Crippen LogP contribution in [-0.2, 0) is 4.79 Å². The molecule has 0 aromatic rings. The number of allylic oxidation sites excluding steroid dienone is 2. The molecular weight excluding hydrogens is 240 g/mol. The molecule has 1 aliphatic heterocycles. The molecule has 0 saturated carbocycles. The van der Waals surface area contributed by atoms with Crippen LogP contribution in [0.5, 0.6) is 0 Å². The zero-order valence-electron chi connectivity index (χ0n) is 12.0. The third-order valence-corrected chi connectivity index (χ3v) is 4.07. The molecule has 0 bridgehead atoms. The second-order valence-electron chi connectivity index (χ2n) is 5.61. The van der Waals surface area contributed by atoms with E-state index in [4.69, 9.17) is 0 Å². The minimum Gasteiger partial charge on any atom is -0.392 e. The van der Waals surface area contributed by atoms with Gasteiger partial charge in [-0.3, -0.25) is 9.69 Å². The van der Waals surface area contributed by atoms with Gasteiger partial charge in [-0.25, -0.2) is 0 Å². The molecule has 1 aliphatic carbocycles. The Hall–Kier alpha value is -0.870. The minimum absolute atomic E-state index is 0.185. The fourth-order valence-electron chi connectivity index (χ4n) is 3.06. The molecule has 19 heavy (non-hydrogen) atoms. The summed E-state index contributed by atoms with van der Waals surface area (Å²) in [5.41, 5.74) is 1.20. The summed E-state index contributed by atoms with van der Waals surface area (Å²) in [6.45, 7) is 4.81. The van der Waals surface area contributed by atoms with Gasteiger partial charge >= 0.3 is 0 Å². The van der Waals surface area contributed by atoms with E-state index in [2.05, 4.69) is 11.0 Å². The van der Waals surface area contributed by atoms with Crippen molar-refractivity contribution in [2.24, 2.45) is 0 Å². The Morgan fingerprint density at radius 3 is 2.95 bits per heavy atom. The van der Waals surface area contributed by atoms with Gasteiger partial charge in [-0.05, 0) is 52.0 Å². The van der Waals surface area contributed by atoms with Crippen molar-refractivity contribution in [2.75, 3.05) is 26.2 Å². The highest BCUT2D eigenvalue weighted by molar-refractivity contribution is 5.80. The number of rotatable bonds is 4. The number of amides is 1. The molecule has 1 N–H and O–H groups in total. The van der Waals surface area contributed by atoms with Crippen LogP contribution < -0.4 is 0 Å². The van der Waals surface area contributed by atoms with Gasteiger partial charge in [0.1, 0.15) is 0 Å². The topological polar surface area (TPSA) is 43.8 Å². The molecule has 1 amide bonds. The van der Waals surface area contributed by atoms with Gasteiger partial charge in [-0.2, -0.15) is 0 Å². The van der Waals surface area contributed by atoms with Gasteiger partial charge in [0, 0.05) is 18.8 Å². The first-order chi connectivity index (χ1) is 9.20. The van der Waals surface area contributed by atoms with E-state index in [9.17, 15) is 9.90 Å². The monoisotopic (exact) mass is 266 g/mol. The molecule has 0 aromatic heterocycles. The zero-order valence-corrected chi connectivity index (χ0v) is 12.0. The van der Waals surface area contributed by atoms with Gasteiger partial charge in [0.05, 0.1) is 12.6 Å². The van der Waals surface area contributed by atoms with Gasteiger partial charge < -0.3 is 10.0 Å². The molecule has 1 atom stereocenters. The van der Waals surface area contributed by atoms with Crippen molar-refractivity contribution >= 4 is 5.91 Å². The maximum Gasteiger partial charge on any atom is 0.240 e. The van der Waals surface area contributed by atoms with Crippen LogP contribution in [0.15, 0.2) is 11.8 Å². The molecule has 4 nitrogen and oxygen atoms in total. The second-order valence-corrected chi connectivity index (χ2v) is 5.61. The van der Waals surface area contributed by atoms with Crippen molar-refractivity contribution in [3.63, 3.8) is 0 Å². The lowest BCUT2D eigenvalue weighted by Crippen LogP contribution is -2.45. The van der Waals surface area contributed by atoms with Crippen molar-refractivity contribution in [3.8, 4) is 0 Å². The van der Waals surface area contributed by atoms with Crippen LogP contribution in [0.4, 0.5) is 0 Å². The van der Waals surface area contributed by atoms with Crippen molar-refractivity contribution in [2.45, 2.75) is 51.6 Å². The number of hydrogen-bond donors (Lipinski definition) is 1. The van der Waals surface area contributed by atoms with Crippen molar-refractivity contribution in [1.82, 2.24) is 9.80 Å². The highest BCUT2D eigenvalue weighted by Gasteiger charge is 2.23. The largest absolute Gasteiger partial charge is 0.392 e. The number of aliphatic hydroxyl groups is 1. The Morgan fingerprint density at radius 1 is 1.47 bits per heavy atom. The van der Waals surface area contributed by atoms with Crippen LogP contribution in [0.2, 0.25) is 0 Å². The van der Waals surface area contributed by atoms with E-state index in [1.807, 2.05) is 11.8 Å². The standard InChI is InChI=1S/C15H26N2O2/c1-2-17(13-7-4-3-5-8-13)15(19)12-16-10-6-9-14(18)11-16/h7,14,18H,2-6,8-12H2,1H3/t14-/m0/s1. The van der Waals surface area contributed by atoms with Gasteiger partial charge in [0.2, 0.25) is 5.91 Å². The molecule has 2 aliphatic rings. The summed E-state index contributed by atoms with van der Waals surface area (Å²) in [7, 11) is 0. The Morgan fingerprint density at radius 2 is 2.32 bits per heavy atom. The van der Waals surface area contributed by atoms with E-state index in [1.165, 1.54) is 18.5 Å².